The van der Waals surface area contributed by atoms with Gasteiger partial charge >= 0.3 is 0 Å². The fraction of sp³-hybridized carbons (Fsp3) is 0.500. The number of amides is 1. The van der Waals surface area contributed by atoms with Gasteiger partial charge < -0.3 is 10.4 Å². The quantitative estimate of drug-likeness (QED) is 0.861. The molecule has 2 unspecified atom stereocenters. The van der Waals surface area contributed by atoms with E-state index in [0.29, 0.717) is 23.0 Å². The van der Waals surface area contributed by atoms with Crippen LogP contribution in [0.2, 0.25) is 0 Å². The highest BCUT2D eigenvalue weighted by Crippen LogP contribution is 2.25. The standard InChI is InChI=1S/C12H15N5O2S/c18-9-2-1-8(5-9)6-13-12(19)11-10(3-4-20-11)17-7-14-15-16-17/h3-4,7-9,18H,1-2,5-6H2,(H,13,19). The smallest absolute Gasteiger partial charge is 0.263 e. The number of nitrogens with zero attached hydrogens (tertiary/aromatic N) is 4. The molecule has 8 heteroatoms. The van der Waals surface area contributed by atoms with Crippen LogP contribution >= 0.6 is 11.3 Å². The third-order valence-electron chi connectivity index (χ3n) is 3.51. The summed E-state index contributed by atoms with van der Waals surface area (Å²) >= 11 is 1.36. The SMILES string of the molecule is O=C(NCC1CCC(O)C1)c1sccc1-n1cnnn1. The van der Waals surface area contributed by atoms with Gasteiger partial charge in [-0.15, -0.1) is 16.4 Å². The van der Waals surface area contributed by atoms with Crippen LogP contribution in [0.3, 0.4) is 0 Å². The topological polar surface area (TPSA) is 92.9 Å². The van der Waals surface area contributed by atoms with Crippen molar-refractivity contribution in [2.24, 2.45) is 5.92 Å². The van der Waals surface area contributed by atoms with E-state index < -0.39 is 0 Å². The molecule has 0 aliphatic heterocycles. The zero-order chi connectivity index (χ0) is 13.9. The molecule has 2 N–H and O–H groups in total. The van der Waals surface area contributed by atoms with E-state index in [9.17, 15) is 9.90 Å². The molecule has 1 aliphatic rings. The van der Waals surface area contributed by atoms with Crippen LogP contribution in [0.25, 0.3) is 5.69 Å². The van der Waals surface area contributed by atoms with Crippen LogP contribution in [-0.4, -0.2) is 43.9 Å². The van der Waals surface area contributed by atoms with Crippen molar-refractivity contribution in [1.82, 2.24) is 25.5 Å². The van der Waals surface area contributed by atoms with Crippen molar-refractivity contribution < 1.29 is 9.90 Å². The number of hydrogen-bond donors (Lipinski definition) is 2. The van der Waals surface area contributed by atoms with Gasteiger partial charge in [0.05, 0.1) is 11.8 Å². The van der Waals surface area contributed by atoms with Crippen molar-refractivity contribution in [3.63, 3.8) is 0 Å². The number of carbonyl (C=O) groups is 1. The first-order chi connectivity index (χ1) is 9.74. The molecule has 2 aromatic rings. The number of thiophene rings is 1. The average molecular weight is 293 g/mol. The fourth-order valence-electron chi connectivity index (χ4n) is 2.48. The lowest BCUT2D eigenvalue weighted by Gasteiger charge is -2.10. The van der Waals surface area contributed by atoms with Gasteiger partial charge in [0.25, 0.3) is 5.91 Å². The molecule has 0 aromatic carbocycles. The number of carbonyl (C=O) groups excluding carboxylic acids is 1. The van der Waals surface area contributed by atoms with Gasteiger partial charge in [-0.25, -0.2) is 0 Å². The summed E-state index contributed by atoms with van der Waals surface area (Å²) in [5.41, 5.74) is 0.684. The van der Waals surface area contributed by atoms with Gasteiger partial charge in [-0.2, -0.15) is 4.68 Å². The fourth-order valence-corrected chi connectivity index (χ4v) is 3.27. The largest absolute Gasteiger partial charge is 0.393 e. The molecule has 106 valence electrons. The second-order valence-corrected chi connectivity index (χ2v) is 5.85. The van der Waals surface area contributed by atoms with Crippen molar-refractivity contribution in [2.45, 2.75) is 25.4 Å². The molecular weight excluding hydrogens is 278 g/mol. The number of aliphatic hydroxyl groups is 1. The molecule has 2 heterocycles. The maximum atomic E-state index is 12.2. The second kappa shape index (κ2) is 5.68. The van der Waals surface area contributed by atoms with E-state index >= 15 is 0 Å². The van der Waals surface area contributed by atoms with E-state index in [1.807, 2.05) is 11.4 Å². The van der Waals surface area contributed by atoms with Crippen LogP contribution in [0.5, 0.6) is 0 Å². The molecular formula is C12H15N5O2S. The molecule has 1 saturated carbocycles. The van der Waals surface area contributed by atoms with E-state index in [1.165, 1.54) is 22.3 Å². The summed E-state index contributed by atoms with van der Waals surface area (Å²) in [5, 5.41) is 25.2. The first-order valence-electron chi connectivity index (χ1n) is 6.51. The lowest BCUT2D eigenvalue weighted by atomic mass is 10.1. The second-order valence-electron chi connectivity index (χ2n) is 4.93. The summed E-state index contributed by atoms with van der Waals surface area (Å²) < 4.78 is 1.48. The zero-order valence-corrected chi connectivity index (χ0v) is 11.6. The summed E-state index contributed by atoms with van der Waals surface area (Å²) in [5.74, 6) is 0.247. The first kappa shape index (κ1) is 13.2. The molecule has 2 atom stereocenters. The van der Waals surface area contributed by atoms with Crippen LogP contribution in [0.15, 0.2) is 17.8 Å². The number of nitrogens with one attached hydrogen (secondary N) is 1. The number of aliphatic hydroxyl groups excluding tert-OH is 1. The molecule has 0 radical (unpaired) electrons. The number of tetrazole rings is 1. The molecule has 0 spiro atoms. The highest BCUT2D eigenvalue weighted by atomic mass is 32.1. The van der Waals surface area contributed by atoms with Crippen molar-refractivity contribution in [3.8, 4) is 5.69 Å². The van der Waals surface area contributed by atoms with Gasteiger partial charge in [-0.1, -0.05) is 0 Å². The van der Waals surface area contributed by atoms with Crippen LogP contribution in [0.1, 0.15) is 28.9 Å². The van der Waals surface area contributed by atoms with E-state index in [1.54, 1.807) is 0 Å². The van der Waals surface area contributed by atoms with Crippen LogP contribution in [0, 0.1) is 5.92 Å². The predicted molar refractivity (Wildman–Crippen MR) is 72.7 cm³/mol. The van der Waals surface area contributed by atoms with Gasteiger partial charge in [0.15, 0.2) is 0 Å². The minimum Gasteiger partial charge on any atom is -0.393 e. The van der Waals surface area contributed by atoms with Crippen LogP contribution in [0.4, 0.5) is 0 Å². The molecule has 1 amide bonds. The summed E-state index contributed by atoms with van der Waals surface area (Å²) in [6, 6.07) is 1.81. The van der Waals surface area contributed by atoms with Gasteiger partial charge in [0.2, 0.25) is 0 Å². The molecule has 0 bridgehead atoms. The number of rotatable bonds is 4. The van der Waals surface area contributed by atoms with E-state index in [-0.39, 0.29) is 12.0 Å². The van der Waals surface area contributed by atoms with Gasteiger partial charge in [0.1, 0.15) is 11.2 Å². The minimum atomic E-state index is -0.213. The highest BCUT2D eigenvalue weighted by molar-refractivity contribution is 7.12. The Morgan fingerprint density at radius 2 is 2.45 bits per heavy atom. The number of hydrogen-bond acceptors (Lipinski definition) is 6. The summed E-state index contributed by atoms with van der Waals surface area (Å²) in [7, 11) is 0. The maximum Gasteiger partial charge on any atom is 0.263 e. The molecule has 7 nitrogen and oxygen atoms in total. The molecule has 3 rings (SSSR count). The van der Waals surface area contributed by atoms with Crippen LogP contribution in [-0.2, 0) is 0 Å². The zero-order valence-electron chi connectivity index (χ0n) is 10.8. The van der Waals surface area contributed by atoms with Crippen molar-refractivity contribution in [3.05, 3.63) is 22.7 Å². The van der Waals surface area contributed by atoms with Crippen molar-refractivity contribution in [1.29, 1.82) is 0 Å². The monoisotopic (exact) mass is 293 g/mol. The summed E-state index contributed by atoms with van der Waals surface area (Å²) in [4.78, 5) is 12.8. The van der Waals surface area contributed by atoms with Gasteiger partial charge in [-0.3, -0.25) is 4.79 Å². The third kappa shape index (κ3) is 2.70. The Bertz CT molecular complexity index is 582. The highest BCUT2D eigenvalue weighted by Gasteiger charge is 2.24. The first-order valence-corrected chi connectivity index (χ1v) is 7.39. The van der Waals surface area contributed by atoms with E-state index in [4.69, 9.17) is 0 Å². The lowest BCUT2D eigenvalue weighted by Crippen LogP contribution is -2.28. The predicted octanol–water partition coefficient (Wildman–Crippen LogP) is 0.615. The summed E-state index contributed by atoms with van der Waals surface area (Å²) in [6.07, 6.45) is 3.81. The molecule has 1 fully saturated rings. The van der Waals surface area contributed by atoms with Crippen molar-refractivity contribution in [2.75, 3.05) is 6.54 Å². The molecule has 1 aliphatic carbocycles. The average Bonchev–Trinajstić information content (AvgIpc) is 3.16. The third-order valence-corrected chi connectivity index (χ3v) is 4.41. The van der Waals surface area contributed by atoms with Crippen LogP contribution < -0.4 is 5.32 Å². The van der Waals surface area contributed by atoms with Gasteiger partial charge in [-0.05, 0) is 47.1 Å². The Morgan fingerprint density at radius 1 is 1.55 bits per heavy atom. The molecule has 2 aromatic heterocycles. The Balaban J connectivity index is 1.65. The molecule has 0 saturated heterocycles. The lowest BCUT2D eigenvalue weighted by molar-refractivity contribution is 0.0949. The van der Waals surface area contributed by atoms with Gasteiger partial charge in [0, 0.05) is 6.54 Å². The Kier molecular flexibility index (Phi) is 3.75. The van der Waals surface area contributed by atoms with E-state index in [0.717, 1.165) is 19.3 Å². The molecule has 20 heavy (non-hydrogen) atoms. The van der Waals surface area contributed by atoms with Crippen molar-refractivity contribution >= 4 is 17.2 Å². The minimum absolute atomic E-state index is 0.119. The van der Waals surface area contributed by atoms with E-state index in [2.05, 4.69) is 20.8 Å². The Morgan fingerprint density at radius 3 is 3.15 bits per heavy atom. The summed E-state index contributed by atoms with van der Waals surface area (Å²) in [6.45, 7) is 0.600. The Labute approximate surface area is 119 Å². The normalized spacial score (nSPS) is 22.1. The maximum absolute atomic E-state index is 12.2. The number of aromatic nitrogens is 4. The Hall–Kier alpha value is -1.80.